The smallest absolute Gasteiger partial charge is 0.186 e. The molecule has 21 heavy (non-hydrogen) atoms. The molecule has 0 spiro atoms. The highest BCUT2D eigenvalue weighted by Gasteiger charge is 2.17. The van der Waals surface area contributed by atoms with Gasteiger partial charge in [0.1, 0.15) is 0 Å². The number of carbonyl (C=O) groups excluding carboxylic acids is 1. The van der Waals surface area contributed by atoms with Crippen LogP contribution in [-0.4, -0.2) is 16.6 Å². The average molecular weight is 318 g/mol. The van der Waals surface area contributed by atoms with Gasteiger partial charge in [-0.25, -0.2) is 4.99 Å². The van der Waals surface area contributed by atoms with Crippen LogP contribution in [0.2, 0.25) is 10.0 Å². The van der Waals surface area contributed by atoms with E-state index in [4.69, 9.17) is 23.2 Å². The zero-order valence-electron chi connectivity index (χ0n) is 10.7. The third kappa shape index (κ3) is 2.58. The highest BCUT2D eigenvalue weighted by atomic mass is 35.5. The Balaban J connectivity index is 2.13. The van der Waals surface area contributed by atoms with Gasteiger partial charge in [-0.3, -0.25) is 4.79 Å². The lowest BCUT2D eigenvalue weighted by atomic mass is 9.94. The Hall–Kier alpha value is -2.10. The van der Waals surface area contributed by atoms with Gasteiger partial charge in [0, 0.05) is 11.1 Å². The number of aromatic hydroxyl groups is 1. The van der Waals surface area contributed by atoms with Crippen molar-refractivity contribution in [2.45, 2.75) is 0 Å². The van der Waals surface area contributed by atoms with Gasteiger partial charge in [0.2, 0.25) is 0 Å². The van der Waals surface area contributed by atoms with Crippen LogP contribution in [0.4, 0.5) is 5.69 Å². The molecule has 0 saturated heterocycles. The van der Waals surface area contributed by atoms with E-state index in [1.807, 2.05) is 18.2 Å². The van der Waals surface area contributed by atoms with Crippen LogP contribution in [0.5, 0.6) is 5.75 Å². The number of nitrogens with zero attached hydrogens (tertiary/aromatic N) is 1. The van der Waals surface area contributed by atoms with Crippen molar-refractivity contribution in [1.82, 2.24) is 0 Å². The average Bonchev–Trinajstić information content (AvgIpc) is 2.48. The van der Waals surface area contributed by atoms with Crippen molar-refractivity contribution in [2.24, 2.45) is 4.99 Å². The summed E-state index contributed by atoms with van der Waals surface area (Å²) in [5.41, 5.74) is 2.51. The summed E-state index contributed by atoms with van der Waals surface area (Å²) in [6.07, 6.45) is 3.13. The van der Waals surface area contributed by atoms with E-state index < -0.39 is 0 Å². The molecule has 104 valence electrons. The molecule has 3 nitrogen and oxygen atoms in total. The van der Waals surface area contributed by atoms with Gasteiger partial charge >= 0.3 is 0 Å². The molecular formula is C16H9Cl2NO2. The van der Waals surface area contributed by atoms with Gasteiger partial charge in [-0.15, -0.1) is 0 Å². The third-order valence-electron chi connectivity index (χ3n) is 3.11. The number of phenolic OH excluding ortho intramolecular Hbond substituents is 1. The minimum atomic E-state index is -0.169. The van der Waals surface area contributed by atoms with Crippen LogP contribution < -0.4 is 0 Å². The quantitative estimate of drug-likeness (QED) is 0.837. The van der Waals surface area contributed by atoms with E-state index in [1.54, 1.807) is 12.1 Å². The number of fused-ring (bicyclic) bond motifs is 1. The van der Waals surface area contributed by atoms with Crippen molar-refractivity contribution < 1.29 is 9.90 Å². The van der Waals surface area contributed by atoms with E-state index in [2.05, 4.69) is 4.99 Å². The molecule has 0 heterocycles. The SMILES string of the molecule is O=C1C=CC(=Nc2cc(Cl)c(O)c(Cl)c2)c2ccccc21. The van der Waals surface area contributed by atoms with Crippen LogP contribution >= 0.6 is 23.2 Å². The summed E-state index contributed by atoms with van der Waals surface area (Å²) in [6, 6.07) is 10.3. The van der Waals surface area contributed by atoms with Gasteiger partial charge in [0.15, 0.2) is 11.5 Å². The minimum absolute atomic E-state index is 0.0497. The molecule has 0 aromatic heterocycles. The number of allylic oxidation sites excluding steroid dienone is 2. The lowest BCUT2D eigenvalue weighted by Gasteiger charge is -2.12. The molecule has 0 atom stereocenters. The molecule has 0 radical (unpaired) electrons. The zero-order chi connectivity index (χ0) is 15.0. The van der Waals surface area contributed by atoms with E-state index in [1.165, 1.54) is 18.2 Å². The van der Waals surface area contributed by atoms with E-state index in [0.29, 0.717) is 17.0 Å². The summed E-state index contributed by atoms with van der Waals surface area (Å²) >= 11 is 11.8. The molecule has 5 heteroatoms. The number of carbonyl (C=O) groups is 1. The second-order valence-electron chi connectivity index (χ2n) is 4.50. The van der Waals surface area contributed by atoms with Gasteiger partial charge in [-0.05, 0) is 24.3 Å². The van der Waals surface area contributed by atoms with Crippen LogP contribution in [0, 0.1) is 0 Å². The van der Waals surface area contributed by atoms with Crippen molar-refractivity contribution in [2.75, 3.05) is 0 Å². The molecule has 2 aromatic rings. The normalized spacial score (nSPS) is 15.3. The van der Waals surface area contributed by atoms with Gasteiger partial charge in [-0.1, -0.05) is 47.5 Å². The number of halogens is 2. The fraction of sp³-hybridized carbons (Fsp3) is 0. The summed E-state index contributed by atoms with van der Waals surface area (Å²) < 4.78 is 0. The van der Waals surface area contributed by atoms with Gasteiger partial charge < -0.3 is 5.11 Å². The van der Waals surface area contributed by atoms with Crippen LogP contribution in [0.15, 0.2) is 53.5 Å². The summed E-state index contributed by atoms with van der Waals surface area (Å²) in [7, 11) is 0. The summed E-state index contributed by atoms with van der Waals surface area (Å²) in [6.45, 7) is 0. The molecule has 0 unspecified atom stereocenters. The fourth-order valence-corrected chi connectivity index (χ4v) is 2.58. The second kappa shape index (κ2) is 5.35. The maximum atomic E-state index is 11.8. The Morgan fingerprint density at radius 3 is 2.24 bits per heavy atom. The number of hydrogen-bond acceptors (Lipinski definition) is 3. The highest BCUT2D eigenvalue weighted by molar-refractivity contribution is 6.37. The Morgan fingerprint density at radius 2 is 1.57 bits per heavy atom. The van der Waals surface area contributed by atoms with Crippen molar-refractivity contribution >= 4 is 40.4 Å². The van der Waals surface area contributed by atoms with Gasteiger partial charge in [0.25, 0.3) is 0 Å². The first kappa shape index (κ1) is 13.9. The lowest BCUT2D eigenvalue weighted by molar-refractivity contribution is 0.104. The van der Waals surface area contributed by atoms with Crippen LogP contribution in [-0.2, 0) is 0 Å². The van der Waals surface area contributed by atoms with Crippen LogP contribution in [0.25, 0.3) is 0 Å². The number of benzene rings is 2. The predicted molar refractivity (Wildman–Crippen MR) is 84.2 cm³/mol. The molecule has 0 aliphatic heterocycles. The highest BCUT2D eigenvalue weighted by Crippen LogP contribution is 2.36. The van der Waals surface area contributed by atoms with Crippen molar-refractivity contribution in [3.8, 4) is 5.75 Å². The van der Waals surface area contributed by atoms with E-state index in [9.17, 15) is 9.90 Å². The van der Waals surface area contributed by atoms with Gasteiger partial charge in [0.05, 0.1) is 21.4 Å². The Morgan fingerprint density at radius 1 is 0.952 bits per heavy atom. The second-order valence-corrected chi connectivity index (χ2v) is 5.31. The van der Waals surface area contributed by atoms with Crippen LogP contribution in [0.1, 0.15) is 15.9 Å². The first-order valence-corrected chi connectivity index (χ1v) is 6.90. The number of rotatable bonds is 1. The third-order valence-corrected chi connectivity index (χ3v) is 3.69. The summed E-state index contributed by atoms with van der Waals surface area (Å²) in [5, 5.41) is 9.82. The standard InChI is InChI=1S/C16H9Cl2NO2/c17-12-7-9(8-13(18)16(12)21)19-14-5-6-15(20)11-4-2-1-3-10(11)14/h1-8,21H. The lowest BCUT2D eigenvalue weighted by Crippen LogP contribution is -2.11. The molecule has 0 fully saturated rings. The maximum Gasteiger partial charge on any atom is 0.186 e. The molecule has 1 N–H and O–H groups in total. The Labute approximate surface area is 131 Å². The number of phenols is 1. The fourth-order valence-electron chi connectivity index (χ4n) is 2.11. The van der Waals surface area contributed by atoms with E-state index >= 15 is 0 Å². The largest absolute Gasteiger partial charge is 0.505 e. The number of aliphatic imine (C=N–C) groups is 1. The van der Waals surface area contributed by atoms with Crippen molar-refractivity contribution in [1.29, 1.82) is 0 Å². The molecule has 1 aliphatic carbocycles. The maximum absolute atomic E-state index is 11.8. The summed E-state index contributed by atoms with van der Waals surface area (Å²) in [5.74, 6) is -0.219. The summed E-state index contributed by atoms with van der Waals surface area (Å²) in [4.78, 5) is 16.3. The molecule has 1 aliphatic rings. The Bertz CT molecular complexity index is 787. The first-order chi connectivity index (χ1) is 10.1. The van der Waals surface area contributed by atoms with Gasteiger partial charge in [-0.2, -0.15) is 0 Å². The predicted octanol–water partition coefficient (Wildman–Crippen LogP) is 4.57. The molecule has 2 aromatic carbocycles. The molecule has 0 bridgehead atoms. The monoisotopic (exact) mass is 317 g/mol. The first-order valence-electron chi connectivity index (χ1n) is 6.15. The Kier molecular flexibility index (Phi) is 3.53. The zero-order valence-corrected chi connectivity index (χ0v) is 12.2. The number of ketones is 1. The number of hydrogen-bond donors (Lipinski definition) is 1. The molecule has 3 rings (SSSR count). The minimum Gasteiger partial charge on any atom is -0.505 e. The topological polar surface area (TPSA) is 49.7 Å². The van der Waals surface area contributed by atoms with Crippen molar-refractivity contribution in [3.05, 3.63) is 69.7 Å². The molecule has 0 amide bonds. The molecular weight excluding hydrogens is 309 g/mol. The van der Waals surface area contributed by atoms with Crippen LogP contribution in [0.3, 0.4) is 0 Å². The molecule has 0 saturated carbocycles. The van der Waals surface area contributed by atoms with E-state index in [-0.39, 0.29) is 21.6 Å². The van der Waals surface area contributed by atoms with Crippen molar-refractivity contribution in [3.63, 3.8) is 0 Å². The van der Waals surface area contributed by atoms with E-state index in [0.717, 1.165) is 5.56 Å².